The van der Waals surface area contributed by atoms with Crippen LogP contribution in [0.15, 0.2) is 94.7 Å². The number of anilines is 2. The molecule has 0 amide bonds. The number of methoxy groups -OCH3 is 2. The highest BCUT2D eigenvalue weighted by Gasteiger charge is 2.33. The lowest BCUT2D eigenvalue weighted by Crippen LogP contribution is -2.49. The van der Waals surface area contributed by atoms with Gasteiger partial charge in [0, 0.05) is 63.1 Å². The van der Waals surface area contributed by atoms with Crippen molar-refractivity contribution in [2.75, 3.05) is 76.4 Å². The zero-order valence-corrected chi connectivity index (χ0v) is 26.4. The third kappa shape index (κ3) is 5.47. The standard InChI is InChI=1S/C32H36N4O6S2/c1-41-29-13-5-3-11-27(29)33-17-21-35(22-18-33)43(37,38)31-15-7-10-26-25(31)9-8-16-32(26)44(39,40)36-23-19-34(20-24-36)28-12-4-6-14-30(28)42-2/h3-16H,17-24H2,1-2H3. The summed E-state index contributed by atoms with van der Waals surface area (Å²) in [6, 6.07) is 25.1. The summed E-state index contributed by atoms with van der Waals surface area (Å²) in [6.07, 6.45) is 0. The van der Waals surface area contributed by atoms with Crippen molar-refractivity contribution in [3.63, 3.8) is 0 Å². The third-order valence-corrected chi connectivity index (χ3v) is 12.3. The van der Waals surface area contributed by atoms with Crippen LogP contribution in [-0.4, -0.2) is 92.0 Å². The summed E-state index contributed by atoms with van der Waals surface area (Å²) < 4.78 is 69.8. The highest BCUT2D eigenvalue weighted by Crippen LogP contribution is 2.34. The van der Waals surface area contributed by atoms with Crippen molar-refractivity contribution >= 4 is 42.2 Å². The normalized spacial score (nSPS) is 17.1. The summed E-state index contributed by atoms with van der Waals surface area (Å²) in [7, 11) is -4.54. The van der Waals surface area contributed by atoms with Crippen LogP contribution in [0.1, 0.15) is 0 Å². The van der Waals surface area contributed by atoms with Crippen LogP contribution in [0.25, 0.3) is 10.8 Å². The Labute approximate surface area is 259 Å². The van der Waals surface area contributed by atoms with Gasteiger partial charge in [-0.2, -0.15) is 8.61 Å². The van der Waals surface area contributed by atoms with Gasteiger partial charge < -0.3 is 19.3 Å². The Morgan fingerprint density at radius 2 is 0.841 bits per heavy atom. The van der Waals surface area contributed by atoms with Crippen molar-refractivity contribution in [1.82, 2.24) is 8.61 Å². The van der Waals surface area contributed by atoms with Crippen LogP contribution in [-0.2, 0) is 20.0 Å². The minimum absolute atomic E-state index is 0.110. The Balaban J connectivity index is 1.23. The minimum atomic E-state index is -3.89. The van der Waals surface area contributed by atoms with Crippen molar-refractivity contribution in [3.05, 3.63) is 84.9 Å². The fourth-order valence-corrected chi connectivity index (χ4v) is 9.36. The molecule has 232 valence electrons. The molecule has 4 aromatic carbocycles. The molecule has 0 atom stereocenters. The smallest absolute Gasteiger partial charge is 0.243 e. The SMILES string of the molecule is COc1ccccc1N1CCN(S(=O)(=O)c2cccc3c(S(=O)(=O)N4CCN(c5ccccc5OC)CC4)cccc23)CC1. The number of piperazine rings is 2. The topological polar surface area (TPSA) is 99.7 Å². The molecule has 2 heterocycles. The molecule has 2 aliphatic rings. The third-order valence-electron chi connectivity index (χ3n) is 8.41. The number of hydrogen-bond donors (Lipinski definition) is 0. The number of benzene rings is 4. The van der Waals surface area contributed by atoms with Gasteiger partial charge in [-0.15, -0.1) is 0 Å². The number of fused-ring (bicyclic) bond motifs is 1. The van der Waals surface area contributed by atoms with E-state index < -0.39 is 20.0 Å². The predicted octanol–water partition coefficient (Wildman–Crippen LogP) is 3.88. The molecule has 44 heavy (non-hydrogen) atoms. The van der Waals surface area contributed by atoms with Crippen molar-refractivity contribution in [2.45, 2.75) is 9.79 Å². The number of ether oxygens (including phenoxy) is 2. The molecule has 2 aliphatic heterocycles. The molecule has 0 aliphatic carbocycles. The van der Waals surface area contributed by atoms with Crippen LogP contribution in [0.3, 0.4) is 0 Å². The predicted molar refractivity (Wildman–Crippen MR) is 172 cm³/mol. The number of rotatable bonds is 8. The second-order valence-electron chi connectivity index (χ2n) is 10.7. The monoisotopic (exact) mass is 636 g/mol. The molecule has 2 saturated heterocycles. The Morgan fingerprint density at radius 1 is 0.477 bits per heavy atom. The molecule has 0 bridgehead atoms. The van der Waals surface area contributed by atoms with Gasteiger partial charge in [-0.25, -0.2) is 16.8 Å². The van der Waals surface area contributed by atoms with Gasteiger partial charge in [0.25, 0.3) is 0 Å². The second-order valence-corrected chi connectivity index (χ2v) is 14.5. The summed E-state index contributed by atoms with van der Waals surface area (Å²) in [5.74, 6) is 1.49. The van der Waals surface area contributed by atoms with E-state index in [2.05, 4.69) is 9.80 Å². The van der Waals surface area contributed by atoms with Crippen molar-refractivity contribution in [1.29, 1.82) is 0 Å². The van der Waals surface area contributed by atoms with Gasteiger partial charge in [-0.05, 0) is 36.4 Å². The highest BCUT2D eigenvalue weighted by atomic mass is 32.2. The van der Waals surface area contributed by atoms with Crippen LogP contribution >= 0.6 is 0 Å². The van der Waals surface area contributed by atoms with Crippen molar-refractivity contribution in [3.8, 4) is 11.5 Å². The van der Waals surface area contributed by atoms with Gasteiger partial charge in [0.05, 0.1) is 35.4 Å². The molecule has 12 heteroatoms. The van der Waals surface area contributed by atoms with E-state index in [1.807, 2.05) is 48.5 Å². The Kier molecular flexibility index (Phi) is 8.42. The first-order valence-electron chi connectivity index (χ1n) is 14.5. The minimum Gasteiger partial charge on any atom is -0.495 e. The first kappa shape index (κ1) is 30.2. The van der Waals surface area contributed by atoms with Gasteiger partial charge >= 0.3 is 0 Å². The summed E-state index contributed by atoms with van der Waals surface area (Å²) in [6.45, 7) is 3.21. The number of nitrogens with zero attached hydrogens (tertiary/aromatic N) is 4. The zero-order valence-electron chi connectivity index (χ0n) is 24.8. The quantitative estimate of drug-likeness (QED) is 0.288. The maximum atomic E-state index is 14.0. The van der Waals surface area contributed by atoms with Crippen LogP contribution in [0, 0.1) is 0 Å². The van der Waals surface area contributed by atoms with E-state index in [1.165, 1.54) is 8.61 Å². The Morgan fingerprint density at radius 3 is 1.20 bits per heavy atom. The van der Waals surface area contributed by atoms with Crippen molar-refractivity contribution in [2.24, 2.45) is 0 Å². The molecular formula is C32H36N4O6S2. The lowest BCUT2D eigenvalue weighted by molar-refractivity contribution is 0.378. The molecule has 4 aromatic rings. The molecule has 0 unspecified atom stereocenters. The van der Waals surface area contributed by atoms with Gasteiger partial charge in [-0.3, -0.25) is 0 Å². The molecule has 6 rings (SSSR count). The number of para-hydroxylation sites is 4. The van der Waals surface area contributed by atoms with E-state index in [0.29, 0.717) is 63.1 Å². The van der Waals surface area contributed by atoms with E-state index in [4.69, 9.17) is 9.47 Å². The first-order chi connectivity index (χ1) is 21.3. The number of sulfonamides is 2. The largest absolute Gasteiger partial charge is 0.495 e. The van der Waals surface area contributed by atoms with Gasteiger partial charge in [0.15, 0.2) is 0 Å². The maximum absolute atomic E-state index is 14.0. The van der Waals surface area contributed by atoms with Crippen LogP contribution < -0.4 is 19.3 Å². The molecule has 0 radical (unpaired) electrons. The van der Waals surface area contributed by atoms with Crippen LogP contribution in [0.2, 0.25) is 0 Å². The van der Waals surface area contributed by atoms with E-state index in [1.54, 1.807) is 50.6 Å². The molecule has 2 fully saturated rings. The fourth-order valence-electron chi connectivity index (χ4n) is 6.10. The Hall–Kier alpha value is -3.84. The second kappa shape index (κ2) is 12.3. The van der Waals surface area contributed by atoms with Gasteiger partial charge in [-0.1, -0.05) is 48.5 Å². The lowest BCUT2D eigenvalue weighted by atomic mass is 10.1. The molecule has 0 saturated carbocycles. The number of hydrogen-bond acceptors (Lipinski definition) is 8. The van der Waals surface area contributed by atoms with Gasteiger partial charge in [0.1, 0.15) is 11.5 Å². The van der Waals surface area contributed by atoms with Crippen LogP contribution in [0.4, 0.5) is 11.4 Å². The lowest BCUT2D eigenvalue weighted by Gasteiger charge is -2.36. The summed E-state index contributed by atoms with van der Waals surface area (Å²) in [4.78, 5) is 4.45. The van der Waals surface area contributed by atoms with E-state index in [9.17, 15) is 16.8 Å². The fraction of sp³-hybridized carbons (Fsp3) is 0.312. The zero-order chi connectivity index (χ0) is 30.9. The summed E-state index contributed by atoms with van der Waals surface area (Å²) >= 11 is 0. The van der Waals surface area contributed by atoms with E-state index in [0.717, 1.165) is 22.9 Å². The van der Waals surface area contributed by atoms with E-state index >= 15 is 0 Å². The van der Waals surface area contributed by atoms with E-state index in [-0.39, 0.29) is 9.79 Å². The molecular weight excluding hydrogens is 601 g/mol. The summed E-state index contributed by atoms with van der Waals surface area (Å²) in [5, 5.41) is 0.793. The molecule has 0 aromatic heterocycles. The Bertz CT molecular complexity index is 1730. The van der Waals surface area contributed by atoms with Crippen molar-refractivity contribution < 1.29 is 26.3 Å². The molecule has 0 N–H and O–H groups in total. The average Bonchev–Trinajstić information content (AvgIpc) is 3.07. The molecule has 0 spiro atoms. The van der Waals surface area contributed by atoms with Gasteiger partial charge in [0.2, 0.25) is 20.0 Å². The first-order valence-corrected chi connectivity index (χ1v) is 17.4. The summed E-state index contributed by atoms with van der Waals surface area (Å²) in [5.41, 5.74) is 1.85. The average molecular weight is 637 g/mol. The molecule has 10 nitrogen and oxygen atoms in total. The highest BCUT2D eigenvalue weighted by molar-refractivity contribution is 7.89. The van der Waals surface area contributed by atoms with Crippen LogP contribution in [0.5, 0.6) is 11.5 Å². The maximum Gasteiger partial charge on any atom is 0.243 e.